The quantitative estimate of drug-likeness (QED) is 0.657. The summed E-state index contributed by atoms with van der Waals surface area (Å²) >= 11 is 0. The number of pyridine rings is 1. The van der Waals surface area contributed by atoms with Gasteiger partial charge in [-0.1, -0.05) is 41.5 Å². The van der Waals surface area contributed by atoms with E-state index in [1.165, 1.54) is 36.9 Å². The molecule has 0 atom stereocenters. The van der Waals surface area contributed by atoms with Gasteiger partial charge < -0.3 is 0 Å². The molecule has 1 heteroatoms. The van der Waals surface area contributed by atoms with Crippen LogP contribution in [-0.2, 0) is 12.8 Å². The number of hydrogen-bond donors (Lipinski definition) is 0. The lowest BCUT2D eigenvalue weighted by molar-refractivity contribution is 0.675. The average Bonchev–Trinajstić information content (AvgIpc) is 2.42. The van der Waals surface area contributed by atoms with Crippen molar-refractivity contribution >= 4 is 0 Å². The second kappa shape index (κ2) is 9.21. The minimum Gasteiger partial charge on any atom is -0.261 e. The van der Waals surface area contributed by atoms with Crippen LogP contribution in [0.3, 0.4) is 0 Å². The van der Waals surface area contributed by atoms with E-state index in [2.05, 4.69) is 31.1 Å². The van der Waals surface area contributed by atoms with Crippen molar-refractivity contribution in [3.05, 3.63) is 29.1 Å². The third-order valence-corrected chi connectivity index (χ3v) is 2.84. The van der Waals surface area contributed by atoms with E-state index < -0.39 is 0 Å². The standard InChI is InChI=1S/C12H17N.2C2H6/c1-9(2)12-7-10-5-3-4-6-11(10)8-13-12;2*1-2/h7-9H,3-6H2,1-2H3;2*1-2H3. The second-order valence-electron chi connectivity index (χ2n) is 4.24. The molecule has 1 nitrogen and oxygen atoms in total. The summed E-state index contributed by atoms with van der Waals surface area (Å²) in [5, 5.41) is 0. The summed E-state index contributed by atoms with van der Waals surface area (Å²) in [5.74, 6) is 0.562. The first-order chi connectivity index (χ1) is 8.27. The third-order valence-electron chi connectivity index (χ3n) is 2.84. The van der Waals surface area contributed by atoms with Crippen molar-refractivity contribution in [3.8, 4) is 0 Å². The number of aromatic nitrogens is 1. The van der Waals surface area contributed by atoms with Gasteiger partial charge in [0.15, 0.2) is 0 Å². The lowest BCUT2D eigenvalue weighted by atomic mass is 9.92. The SMILES string of the molecule is CC.CC.CC(C)c1cc2c(cn1)CCCC2. The smallest absolute Gasteiger partial charge is 0.0431 e. The first-order valence-electron chi connectivity index (χ1n) is 7.25. The molecule has 0 aliphatic heterocycles. The molecule has 98 valence electrons. The van der Waals surface area contributed by atoms with E-state index in [9.17, 15) is 0 Å². The van der Waals surface area contributed by atoms with Gasteiger partial charge in [-0.15, -0.1) is 0 Å². The topological polar surface area (TPSA) is 12.9 Å². The van der Waals surface area contributed by atoms with E-state index in [0.29, 0.717) is 5.92 Å². The van der Waals surface area contributed by atoms with Crippen LogP contribution >= 0.6 is 0 Å². The highest BCUT2D eigenvalue weighted by atomic mass is 14.7. The maximum Gasteiger partial charge on any atom is 0.0431 e. The molecule has 1 heterocycles. The molecule has 1 aliphatic carbocycles. The van der Waals surface area contributed by atoms with Crippen LogP contribution < -0.4 is 0 Å². The predicted octanol–water partition coefficient (Wildman–Crippen LogP) is 5.14. The predicted molar refractivity (Wildman–Crippen MR) is 77.7 cm³/mol. The Morgan fingerprint density at radius 3 is 2.00 bits per heavy atom. The van der Waals surface area contributed by atoms with Gasteiger partial charge in [-0.2, -0.15) is 0 Å². The number of fused-ring (bicyclic) bond motifs is 1. The van der Waals surface area contributed by atoms with Crippen molar-refractivity contribution < 1.29 is 0 Å². The molecular formula is C16H29N. The van der Waals surface area contributed by atoms with E-state index in [4.69, 9.17) is 0 Å². The summed E-state index contributed by atoms with van der Waals surface area (Å²) in [6.45, 7) is 12.4. The Kier molecular flexibility index (Phi) is 8.75. The average molecular weight is 235 g/mol. The van der Waals surface area contributed by atoms with Gasteiger partial charge in [-0.05, 0) is 48.8 Å². The molecule has 0 saturated carbocycles. The van der Waals surface area contributed by atoms with Crippen molar-refractivity contribution in [1.29, 1.82) is 0 Å². The Morgan fingerprint density at radius 1 is 0.941 bits per heavy atom. The maximum atomic E-state index is 4.49. The lowest BCUT2D eigenvalue weighted by Crippen LogP contribution is -2.05. The second-order valence-corrected chi connectivity index (χ2v) is 4.24. The third kappa shape index (κ3) is 4.89. The van der Waals surface area contributed by atoms with Crippen molar-refractivity contribution in [3.63, 3.8) is 0 Å². The normalized spacial score (nSPS) is 12.9. The van der Waals surface area contributed by atoms with Gasteiger partial charge in [0, 0.05) is 11.9 Å². The fourth-order valence-corrected chi connectivity index (χ4v) is 1.95. The summed E-state index contributed by atoms with van der Waals surface area (Å²) in [5.41, 5.74) is 4.28. The van der Waals surface area contributed by atoms with Gasteiger partial charge in [0.25, 0.3) is 0 Å². The van der Waals surface area contributed by atoms with Gasteiger partial charge in [-0.3, -0.25) is 4.98 Å². The summed E-state index contributed by atoms with van der Waals surface area (Å²) in [6.07, 6.45) is 7.28. The number of rotatable bonds is 1. The van der Waals surface area contributed by atoms with E-state index in [1.54, 1.807) is 5.56 Å². The van der Waals surface area contributed by atoms with Crippen molar-refractivity contribution in [2.24, 2.45) is 0 Å². The highest BCUT2D eigenvalue weighted by molar-refractivity contribution is 5.29. The van der Waals surface area contributed by atoms with Crippen LogP contribution in [0.5, 0.6) is 0 Å². The molecule has 1 aromatic rings. The van der Waals surface area contributed by atoms with Crippen molar-refractivity contribution in [2.45, 2.75) is 73.1 Å². The molecule has 1 aromatic heterocycles. The first kappa shape index (κ1) is 16.1. The molecule has 0 amide bonds. The van der Waals surface area contributed by atoms with Crippen LogP contribution in [-0.4, -0.2) is 4.98 Å². The minimum atomic E-state index is 0.562. The van der Waals surface area contributed by atoms with Gasteiger partial charge in [0.2, 0.25) is 0 Å². The zero-order valence-electron chi connectivity index (χ0n) is 12.5. The Hall–Kier alpha value is -0.850. The van der Waals surface area contributed by atoms with Gasteiger partial charge in [0.1, 0.15) is 0 Å². The largest absolute Gasteiger partial charge is 0.261 e. The maximum absolute atomic E-state index is 4.49. The molecule has 2 rings (SSSR count). The molecule has 0 bridgehead atoms. The Bertz CT molecular complexity index is 302. The van der Waals surface area contributed by atoms with Crippen LogP contribution in [0.25, 0.3) is 0 Å². The van der Waals surface area contributed by atoms with Gasteiger partial charge in [-0.25, -0.2) is 0 Å². The van der Waals surface area contributed by atoms with Crippen LogP contribution in [0.4, 0.5) is 0 Å². The van der Waals surface area contributed by atoms with Gasteiger partial charge in [0.05, 0.1) is 0 Å². The number of hydrogen-bond acceptors (Lipinski definition) is 1. The Morgan fingerprint density at radius 2 is 1.47 bits per heavy atom. The summed E-state index contributed by atoms with van der Waals surface area (Å²) in [6, 6.07) is 2.30. The molecule has 0 radical (unpaired) electrons. The highest BCUT2D eigenvalue weighted by Gasteiger charge is 2.11. The van der Waals surface area contributed by atoms with Crippen molar-refractivity contribution in [2.75, 3.05) is 0 Å². The van der Waals surface area contributed by atoms with E-state index in [1.807, 2.05) is 27.7 Å². The minimum absolute atomic E-state index is 0.562. The number of nitrogens with zero attached hydrogens (tertiary/aromatic N) is 1. The van der Waals surface area contributed by atoms with Crippen LogP contribution in [0, 0.1) is 0 Å². The monoisotopic (exact) mass is 235 g/mol. The van der Waals surface area contributed by atoms with E-state index in [0.717, 1.165) is 0 Å². The molecule has 0 saturated heterocycles. The van der Waals surface area contributed by atoms with E-state index in [-0.39, 0.29) is 0 Å². The zero-order chi connectivity index (χ0) is 13.3. The highest BCUT2D eigenvalue weighted by Crippen LogP contribution is 2.23. The molecule has 0 N–H and O–H groups in total. The molecule has 0 unspecified atom stereocenters. The number of aryl methyl sites for hydroxylation is 2. The fraction of sp³-hybridized carbons (Fsp3) is 0.688. The van der Waals surface area contributed by atoms with Crippen LogP contribution in [0.1, 0.15) is 77.1 Å². The Labute approximate surface area is 108 Å². The van der Waals surface area contributed by atoms with Crippen molar-refractivity contribution in [1.82, 2.24) is 4.98 Å². The van der Waals surface area contributed by atoms with E-state index >= 15 is 0 Å². The summed E-state index contributed by atoms with van der Waals surface area (Å²) in [4.78, 5) is 4.49. The first-order valence-corrected chi connectivity index (χ1v) is 7.25. The molecule has 0 fully saturated rings. The zero-order valence-corrected chi connectivity index (χ0v) is 12.5. The molecule has 17 heavy (non-hydrogen) atoms. The Balaban J connectivity index is 0.000000581. The van der Waals surface area contributed by atoms with Gasteiger partial charge >= 0.3 is 0 Å². The molecule has 1 aliphatic rings. The summed E-state index contributed by atoms with van der Waals surface area (Å²) in [7, 11) is 0. The summed E-state index contributed by atoms with van der Waals surface area (Å²) < 4.78 is 0. The molecule has 0 spiro atoms. The molecule has 0 aromatic carbocycles. The molecular weight excluding hydrogens is 206 g/mol. The lowest BCUT2D eigenvalue weighted by Gasteiger charge is -2.16. The van der Waals surface area contributed by atoms with Crippen LogP contribution in [0.2, 0.25) is 0 Å². The van der Waals surface area contributed by atoms with Crippen LogP contribution in [0.15, 0.2) is 12.3 Å². The fourth-order valence-electron chi connectivity index (χ4n) is 1.95.